The number of halogens is 1. The van der Waals surface area contributed by atoms with Crippen LogP contribution in [-0.2, 0) is 24.3 Å². The van der Waals surface area contributed by atoms with Crippen LogP contribution in [0.3, 0.4) is 0 Å². The minimum atomic E-state index is -0.421. The van der Waals surface area contributed by atoms with Crippen molar-refractivity contribution in [2.24, 2.45) is 0 Å². The lowest BCUT2D eigenvalue weighted by molar-refractivity contribution is -0.122. The number of nitrogens with one attached hydrogen (secondary N) is 1. The van der Waals surface area contributed by atoms with E-state index in [1.807, 2.05) is 55.5 Å². The maximum atomic E-state index is 14.1. The molecule has 6 nitrogen and oxygen atoms in total. The van der Waals surface area contributed by atoms with Crippen molar-refractivity contribution in [2.75, 3.05) is 0 Å². The number of fused-ring (bicyclic) bond motifs is 3. The summed E-state index contributed by atoms with van der Waals surface area (Å²) in [4.78, 5) is 31.1. The summed E-state index contributed by atoms with van der Waals surface area (Å²) in [6, 6.07) is 24.0. The van der Waals surface area contributed by atoms with Crippen LogP contribution >= 0.6 is 0 Å². The van der Waals surface area contributed by atoms with Crippen molar-refractivity contribution in [1.29, 1.82) is 0 Å². The summed E-state index contributed by atoms with van der Waals surface area (Å²) in [6.07, 6.45) is 3.13. The van der Waals surface area contributed by atoms with Crippen LogP contribution < -0.4 is 10.9 Å². The second-order valence-electron chi connectivity index (χ2n) is 9.10. The second-order valence-corrected chi connectivity index (χ2v) is 9.10. The predicted octanol–water partition coefficient (Wildman–Crippen LogP) is 4.68. The molecule has 36 heavy (non-hydrogen) atoms. The van der Waals surface area contributed by atoms with Crippen LogP contribution in [-0.4, -0.2) is 26.1 Å². The average molecular weight is 483 g/mol. The van der Waals surface area contributed by atoms with Gasteiger partial charge in [0.1, 0.15) is 23.4 Å². The van der Waals surface area contributed by atoms with Gasteiger partial charge in [0.25, 0.3) is 5.56 Å². The van der Waals surface area contributed by atoms with Gasteiger partial charge in [0, 0.05) is 11.4 Å². The summed E-state index contributed by atoms with van der Waals surface area (Å²) < 4.78 is 17.3. The number of benzene rings is 3. The van der Waals surface area contributed by atoms with E-state index >= 15 is 0 Å². The van der Waals surface area contributed by atoms with Crippen molar-refractivity contribution in [3.8, 4) is 0 Å². The summed E-state index contributed by atoms with van der Waals surface area (Å²) in [5.74, 6) is -0.632. The van der Waals surface area contributed by atoms with E-state index < -0.39 is 5.82 Å². The van der Waals surface area contributed by atoms with Gasteiger partial charge in [-0.15, -0.1) is 0 Å². The van der Waals surface area contributed by atoms with Gasteiger partial charge in [0.05, 0.1) is 18.4 Å². The van der Waals surface area contributed by atoms with Crippen molar-refractivity contribution in [2.45, 2.75) is 38.9 Å². The van der Waals surface area contributed by atoms with E-state index in [0.29, 0.717) is 28.5 Å². The standard InChI is InChI=1S/C29H27FN4O2/c1-20(12-13-21-8-4-2-5-9-21)32-26(35)18-34-25-15-14-23(30)16-24(25)27-28(34)29(36)33(19-31-27)17-22-10-6-3-7-11-22/h2-11,14-16,19-20H,12-13,17-18H2,1H3,(H,32,35)/t20-/m1/s1. The van der Waals surface area contributed by atoms with Gasteiger partial charge in [0.15, 0.2) is 0 Å². The van der Waals surface area contributed by atoms with E-state index in [4.69, 9.17) is 0 Å². The molecule has 0 spiro atoms. The first-order valence-corrected chi connectivity index (χ1v) is 12.0. The lowest BCUT2D eigenvalue weighted by Gasteiger charge is -2.15. The quantitative estimate of drug-likeness (QED) is 0.349. The summed E-state index contributed by atoms with van der Waals surface area (Å²) in [7, 11) is 0. The van der Waals surface area contributed by atoms with Crippen LogP contribution in [0.4, 0.5) is 4.39 Å². The first kappa shape index (κ1) is 23.5. The zero-order valence-corrected chi connectivity index (χ0v) is 20.0. The molecule has 0 aliphatic carbocycles. The third-order valence-electron chi connectivity index (χ3n) is 6.40. The minimum Gasteiger partial charge on any atom is -0.352 e. The predicted molar refractivity (Wildman–Crippen MR) is 139 cm³/mol. The SMILES string of the molecule is C[C@H](CCc1ccccc1)NC(=O)Cn1c2ccc(F)cc2c2ncn(Cc3ccccc3)c(=O)c21. The fourth-order valence-electron chi connectivity index (χ4n) is 4.59. The lowest BCUT2D eigenvalue weighted by atomic mass is 10.1. The molecule has 3 aromatic carbocycles. The van der Waals surface area contributed by atoms with Crippen molar-refractivity contribution in [1.82, 2.24) is 19.4 Å². The molecule has 0 radical (unpaired) electrons. The Bertz CT molecular complexity index is 1580. The molecule has 2 heterocycles. The Morgan fingerprint density at radius 3 is 2.42 bits per heavy atom. The Hall–Kier alpha value is -4.26. The highest BCUT2D eigenvalue weighted by atomic mass is 19.1. The third-order valence-corrected chi connectivity index (χ3v) is 6.40. The van der Waals surface area contributed by atoms with Crippen LogP contribution in [0.1, 0.15) is 24.5 Å². The van der Waals surface area contributed by atoms with Crippen molar-refractivity contribution >= 4 is 27.8 Å². The molecule has 5 aromatic rings. The van der Waals surface area contributed by atoms with Crippen molar-refractivity contribution in [3.05, 3.63) is 112 Å². The van der Waals surface area contributed by atoms with Crippen LogP contribution in [0.2, 0.25) is 0 Å². The Kier molecular flexibility index (Phi) is 6.62. The summed E-state index contributed by atoms with van der Waals surface area (Å²) >= 11 is 0. The van der Waals surface area contributed by atoms with Gasteiger partial charge in [-0.2, -0.15) is 0 Å². The van der Waals surface area contributed by atoms with Gasteiger partial charge in [-0.3, -0.25) is 14.2 Å². The zero-order chi connectivity index (χ0) is 25.1. The number of hydrogen-bond acceptors (Lipinski definition) is 3. The maximum Gasteiger partial charge on any atom is 0.278 e. The molecule has 7 heteroatoms. The van der Waals surface area contributed by atoms with Crippen LogP contribution in [0.25, 0.3) is 21.9 Å². The average Bonchev–Trinajstić information content (AvgIpc) is 3.18. The fraction of sp³-hybridized carbons (Fsp3) is 0.207. The monoisotopic (exact) mass is 482 g/mol. The summed E-state index contributed by atoms with van der Waals surface area (Å²) in [5.41, 5.74) is 3.18. The smallest absolute Gasteiger partial charge is 0.278 e. The lowest BCUT2D eigenvalue weighted by Crippen LogP contribution is -2.36. The number of amides is 1. The molecule has 182 valence electrons. The number of aryl methyl sites for hydroxylation is 1. The van der Waals surface area contributed by atoms with E-state index in [-0.39, 0.29) is 24.1 Å². The Morgan fingerprint density at radius 2 is 1.69 bits per heavy atom. The Balaban J connectivity index is 1.44. The number of carbonyl (C=O) groups is 1. The third kappa shape index (κ3) is 4.91. The van der Waals surface area contributed by atoms with E-state index in [1.54, 1.807) is 10.6 Å². The van der Waals surface area contributed by atoms with E-state index in [1.165, 1.54) is 28.6 Å². The van der Waals surface area contributed by atoms with Gasteiger partial charge in [-0.25, -0.2) is 9.37 Å². The first-order valence-electron chi connectivity index (χ1n) is 12.0. The molecule has 0 bridgehead atoms. The van der Waals surface area contributed by atoms with Gasteiger partial charge in [-0.1, -0.05) is 60.7 Å². The molecular formula is C29H27FN4O2. The number of carbonyl (C=O) groups excluding carboxylic acids is 1. The van der Waals surface area contributed by atoms with E-state index in [0.717, 1.165) is 18.4 Å². The molecular weight excluding hydrogens is 455 g/mol. The number of nitrogens with zero attached hydrogens (tertiary/aromatic N) is 3. The highest BCUT2D eigenvalue weighted by Gasteiger charge is 2.19. The summed E-state index contributed by atoms with van der Waals surface area (Å²) in [5, 5.41) is 3.55. The largest absolute Gasteiger partial charge is 0.352 e. The highest BCUT2D eigenvalue weighted by molar-refractivity contribution is 6.06. The molecule has 1 atom stereocenters. The van der Waals surface area contributed by atoms with Crippen LogP contribution in [0.15, 0.2) is 90.0 Å². The molecule has 0 saturated carbocycles. The molecule has 5 rings (SSSR count). The molecule has 1 amide bonds. The van der Waals surface area contributed by atoms with E-state index in [9.17, 15) is 14.0 Å². The van der Waals surface area contributed by atoms with Gasteiger partial charge >= 0.3 is 0 Å². The number of rotatable bonds is 8. The van der Waals surface area contributed by atoms with Crippen molar-refractivity contribution in [3.63, 3.8) is 0 Å². The highest BCUT2D eigenvalue weighted by Crippen LogP contribution is 2.26. The summed E-state index contributed by atoms with van der Waals surface area (Å²) in [6.45, 7) is 2.26. The number of hydrogen-bond donors (Lipinski definition) is 1. The van der Waals surface area contributed by atoms with Crippen LogP contribution in [0.5, 0.6) is 0 Å². The molecule has 0 aliphatic heterocycles. The van der Waals surface area contributed by atoms with Crippen molar-refractivity contribution < 1.29 is 9.18 Å². The number of aromatic nitrogens is 3. The Morgan fingerprint density at radius 1 is 1.00 bits per heavy atom. The second kappa shape index (κ2) is 10.2. The minimum absolute atomic E-state index is 0.0453. The topological polar surface area (TPSA) is 68.9 Å². The van der Waals surface area contributed by atoms with Crippen LogP contribution in [0, 0.1) is 5.82 Å². The molecule has 1 N–H and O–H groups in total. The van der Waals surface area contributed by atoms with E-state index in [2.05, 4.69) is 22.4 Å². The Labute approximate surface area is 208 Å². The van der Waals surface area contributed by atoms with Gasteiger partial charge < -0.3 is 9.88 Å². The molecule has 2 aromatic heterocycles. The molecule has 0 unspecified atom stereocenters. The van der Waals surface area contributed by atoms with Gasteiger partial charge in [0.2, 0.25) is 5.91 Å². The molecule has 0 fully saturated rings. The normalized spacial score (nSPS) is 12.2. The molecule has 0 aliphatic rings. The maximum absolute atomic E-state index is 14.1. The fourth-order valence-corrected chi connectivity index (χ4v) is 4.59. The molecule has 0 saturated heterocycles. The first-order chi connectivity index (χ1) is 17.5. The zero-order valence-electron chi connectivity index (χ0n) is 20.0. The van der Waals surface area contributed by atoms with Gasteiger partial charge in [-0.05, 0) is 49.1 Å².